The Kier molecular flexibility index (Phi) is 4.93. The number of carbonyl (C=O) groups excluding carboxylic acids is 2. The van der Waals surface area contributed by atoms with E-state index in [2.05, 4.69) is 5.32 Å². The molecule has 2 heterocycles. The average molecular weight is 377 g/mol. The van der Waals surface area contributed by atoms with Gasteiger partial charge in [0.1, 0.15) is 16.8 Å². The van der Waals surface area contributed by atoms with Crippen LogP contribution in [0.3, 0.4) is 0 Å². The minimum absolute atomic E-state index is 0.340. The third-order valence-electron chi connectivity index (χ3n) is 3.64. The molecule has 25 heavy (non-hydrogen) atoms. The molecule has 6 nitrogen and oxygen atoms in total. The van der Waals surface area contributed by atoms with Gasteiger partial charge in [0, 0.05) is 11.4 Å². The van der Waals surface area contributed by atoms with Crippen LogP contribution in [0.25, 0.3) is 0 Å². The molecule has 1 amide bonds. The van der Waals surface area contributed by atoms with E-state index >= 15 is 0 Å². The minimum Gasteiger partial charge on any atom is -0.478 e. The number of ether oxygens (including phenoxy) is 2. The Morgan fingerprint density at radius 1 is 1.48 bits per heavy atom. The number of benzene rings is 1. The van der Waals surface area contributed by atoms with Crippen molar-refractivity contribution in [2.45, 2.75) is 25.6 Å². The largest absolute Gasteiger partial charge is 0.478 e. The van der Waals surface area contributed by atoms with Crippen LogP contribution in [-0.2, 0) is 20.7 Å². The molecule has 1 N–H and O–H groups in total. The molecule has 2 atom stereocenters. The molecule has 0 saturated carbocycles. The lowest BCUT2D eigenvalue weighted by Crippen LogP contribution is -2.35. The van der Waals surface area contributed by atoms with E-state index in [4.69, 9.17) is 26.3 Å². The summed E-state index contributed by atoms with van der Waals surface area (Å²) in [5.41, 5.74) is 1.19. The molecule has 0 radical (unpaired) electrons. The molecule has 0 spiro atoms. The first-order valence-electron chi connectivity index (χ1n) is 7.42. The second-order valence-electron chi connectivity index (χ2n) is 5.41. The van der Waals surface area contributed by atoms with Crippen LogP contribution < -0.4 is 10.1 Å². The van der Waals surface area contributed by atoms with E-state index in [1.54, 1.807) is 29.6 Å². The average Bonchev–Trinajstić information content (AvgIpc) is 3.20. The molecule has 1 aliphatic heterocycles. The van der Waals surface area contributed by atoms with Gasteiger partial charge in [0.2, 0.25) is 0 Å². The van der Waals surface area contributed by atoms with E-state index in [9.17, 15) is 9.59 Å². The SMILES string of the molecule is C[C@H](OC(=O)[C@H]1Cc2cc(Cl)ccc2O1)C(=O)Nc1sccc1C#N. The fraction of sp³-hybridized carbons (Fsp3) is 0.235. The summed E-state index contributed by atoms with van der Waals surface area (Å²) in [6, 6.07) is 8.69. The first kappa shape index (κ1) is 17.3. The summed E-state index contributed by atoms with van der Waals surface area (Å²) in [5.74, 6) is -0.548. The van der Waals surface area contributed by atoms with Gasteiger partial charge in [-0.25, -0.2) is 4.79 Å². The summed E-state index contributed by atoms with van der Waals surface area (Å²) in [6.45, 7) is 1.46. The predicted octanol–water partition coefficient (Wildman–Crippen LogP) is 3.15. The van der Waals surface area contributed by atoms with Gasteiger partial charge < -0.3 is 14.8 Å². The van der Waals surface area contributed by atoms with Crippen LogP contribution in [0.5, 0.6) is 5.75 Å². The zero-order valence-corrected chi connectivity index (χ0v) is 14.7. The van der Waals surface area contributed by atoms with Crippen LogP contribution >= 0.6 is 22.9 Å². The van der Waals surface area contributed by atoms with E-state index in [1.165, 1.54) is 18.3 Å². The maximum absolute atomic E-state index is 12.2. The van der Waals surface area contributed by atoms with Crippen molar-refractivity contribution in [1.29, 1.82) is 5.26 Å². The Bertz CT molecular complexity index is 874. The fourth-order valence-electron chi connectivity index (χ4n) is 2.36. The Morgan fingerprint density at radius 2 is 2.28 bits per heavy atom. The van der Waals surface area contributed by atoms with E-state index in [0.717, 1.165) is 5.56 Å². The highest BCUT2D eigenvalue weighted by Crippen LogP contribution is 2.31. The number of hydrogen-bond acceptors (Lipinski definition) is 6. The second kappa shape index (κ2) is 7.13. The molecule has 3 rings (SSSR count). The molecule has 2 aromatic rings. The molecule has 8 heteroatoms. The van der Waals surface area contributed by atoms with Gasteiger partial charge in [-0.1, -0.05) is 11.6 Å². The van der Waals surface area contributed by atoms with Crippen molar-refractivity contribution in [1.82, 2.24) is 0 Å². The molecule has 1 aliphatic rings. The van der Waals surface area contributed by atoms with Crippen LogP contribution in [0.2, 0.25) is 5.02 Å². The zero-order valence-electron chi connectivity index (χ0n) is 13.1. The Hall–Kier alpha value is -2.56. The molecule has 1 aromatic carbocycles. The van der Waals surface area contributed by atoms with Crippen LogP contribution in [0.4, 0.5) is 5.00 Å². The zero-order chi connectivity index (χ0) is 18.0. The van der Waals surface area contributed by atoms with E-state index in [0.29, 0.717) is 27.8 Å². The van der Waals surface area contributed by atoms with Crippen molar-refractivity contribution < 1.29 is 19.1 Å². The maximum atomic E-state index is 12.2. The molecular formula is C17H13ClN2O4S. The summed E-state index contributed by atoms with van der Waals surface area (Å²) in [6.07, 6.45) is -1.48. The van der Waals surface area contributed by atoms with Gasteiger partial charge in [-0.2, -0.15) is 5.26 Å². The number of anilines is 1. The number of amides is 1. The van der Waals surface area contributed by atoms with Gasteiger partial charge in [0.05, 0.1) is 5.56 Å². The molecular weight excluding hydrogens is 364 g/mol. The molecule has 0 aliphatic carbocycles. The number of hydrogen-bond donors (Lipinski definition) is 1. The lowest BCUT2D eigenvalue weighted by molar-refractivity contribution is -0.159. The predicted molar refractivity (Wildman–Crippen MR) is 92.8 cm³/mol. The molecule has 0 unspecified atom stereocenters. The number of thiophene rings is 1. The smallest absolute Gasteiger partial charge is 0.348 e. The van der Waals surface area contributed by atoms with Crippen molar-refractivity contribution in [3.63, 3.8) is 0 Å². The summed E-state index contributed by atoms with van der Waals surface area (Å²) in [5, 5.41) is 14.2. The highest BCUT2D eigenvalue weighted by molar-refractivity contribution is 7.14. The van der Waals surface area contributed by atoms with Crippen molar-refractivity contribution in [3.8, 4) is 11.8 Å². The van der Waals surface area contributed by atoms with Crippen molar-refractivity contribution in [2.75, 3.05) is 5.32 Å². The van der Waals surface area contributed by atoms with Gasteiger partial charge in [0.25, 0.3) is 5.91 Å². The first-order valence-corrected chi connectivity index (χ1v) is 8.67. The Balaban J connectivity index is 1.58. The van der Waals surface area contributed by atoms with Crippen molar-refractivity contribution >= 4 is 39.8 Å². The number of nitrogens with one attached hydrogen (secondary N) is 1. The highest BCUT2D eigenvalue weighted by Gasteiger charge is 2.32. The number of rotatable bonds is 4. The third-order valence-corrected chi connectivity index (χ3v) is 4.71. The lowest BCUT2D eigenvalue weighted by atomic mass is 10.1. The molecule has 0 saturated heterocycles. The number of carbonyl (C=O) groups is 2. The minimum atomic E-state index is -1.02. The van der Waals surface area contributed by atoms with Gasteiger partial charge in [-0.05, 0) is 42.1 Å². The Morgan fingerprint density at radius 3 is 3.04 bits per heavy atom. The summed E-state index contributed by atoms with van der Waals surface area (Å²) in [4.78, 5) is 24.4. The summed E-state index contributed by atoms with van der Waals surface area (Å²) >= 11 is 7.15. The Labute approximate surface area is 152 Å². The van der Waals surface area contributed by atoms with Crippen LogP contribution in [0, 0.1) is 11.3 Å². The third kappa shape index (κ3) is 3.76. The maximum Gasteiger partial charge on any atom is 0.348 e. The molecule has 1 aromatic heterocycles. The molecule has 0 bridgehead atoms. The van der Waals surface area contributed by atoms with E-state index in [1.807, 2.05) is 6.07 Å². The monoisotopic (exact) mass is 376 g/mol. The van der Waals surface area contributed by atoms with Crippen molar-refractivity contribution in [2.24, 2.45) is 0 Å². The van der Waals surface area contributed by atoms with Gasteiger partial charge in [-0.15, -0.1) is 11.3 Å². The van der Waals surface area contributed by atoms with Crippen LogP contribution in [-0.4, -0.2) is 24.1 Å². The number of nitrogens with zero attached hydrogens (tertiary/aromatic N) is 1. The number of fused-ring (bicyclic) bond motifs is 1. The standard InChI is InChI=1S/C17H13ClN2O4S/c1-9(15(21)20-16-10(8-19)4-5-25-16)23-17(22)14-7-11-6-12(18)2-3-13(11)24-14/h2-6,9,14H,7H2,1H3,(H,20,21)/t9-,14+/m0/s1. The van der Waals surface area contributed by atoms with Crippen LogP contribution in [0.1, 0.15) is 18.1 Å². The normalized spacial score (nSPS) is 16.3. The first-order chi connectivity index (χ1) is 12.0. The van der Waals surface area contributed by atoms with Gasteiger partial charge in [-0.3, -0.25) is 4.79 Å². The fourth-order valence-corrected chi connectivity index (χ4v) is 3.29. The number of nitriles is 1. The summed E-state index contributed by atoms with van der Waals surface area (Å²) < 4.78 is 10.7. The van der Waals surface area contributed by atoms with Gasteiger partial charge >= 0.3 is 5.97 Å². The second-order valence-corrected chi connectivity index (χ2v) is 6.76. The topological polar surface area (TPSA) is 88.4 Å². The number of esters is 1. The number of halogens is 1. The van der Waals surface area contributed by atoms with Crippen LogP contribution in [0.15, 0.2) is 29.6 Å². The highest BCUT2D eigenvalue weighted by atomic mass is 35.5. The quantitative estimate of drug-likeness (QED) is 0.828. The lowest BCUT2D eigenvalue weighted by Gasteiger charge is -2.15. The van der Waals surface area contributed by atoms with Crippen molar-refractivity contribution in [3.05, 3.63) is 45.8 Å². The van der Waals surface area contributed by atoms with E-state index in [-0.39, 0.29) is 0 Å². The summed E-state index contributed by atoms with van der Waals surface area (Å²) in [7, 11) is 0. The molecule has 0 fully saturated rings. The van der Waals surface area contributed by atoms with Gasteiger partial charge in [0.15, 0.2) is 12.2 Å². The van der Waals surface area contributed by atoms with E-state index < -0.39 is 24.1 Å². The molecule has 128 valence electrons.